The summed E-state index contributed by atoms with van der Waals surface area (Å²) in [6.45, 7) is 3.73. The van der Waals surface area contributed by atoms with Gasteiger partial charge in [0.2, 0.25) is 0 Å². The van der Waals surface area contributed by atoms with E-state index < -0.39 is 5.91 Å². The van der Waals surface area contributed by atoms with Crippen LogP contribution in [0.2, 0.25) is 0 Å². The van der Waals surface area contributed by atoms with E-state index in [2.05, 4.69) is 9.97 Å². The summed E-state index contributed by atoms with van der Waals surface area (Å²) < 4.78 is 14.6. The number of carbonyl (C=O) groups excluding carboxylic acids is 2. The monoisotopic (exact) mass is 418 g/mol. The Balaban J connectivity index is 1.81. The fourth-order valence-electron chi connectivity index (χ4n) is 4.28. The van der Waals surface area contributed by atoms with Crippen LogP contribution in [0.3, 0.4) is 0 Å². The van der Waals surface area contributed by atoms with Crippen LogP contribution in [0.25, 0.3) is 0 Å². The number of halogens is 1. The maximum atomic E-state index is 14.6. The first kappa shape index (κ1) is 20.7. The number of fused-ring (bicyclic) bond motifs is 1. The molecule has 0 fully saturated rings. The van der Waals surface area contributed by atoms with Gasteiger partial charge in [-0.25, -0.2) is 4.39 Å². The van der Waals surface area contributed by atoms with Gasteiger partial charge in [0.05, 0.1) is 11.6 Å². The molecule has 7 heteroatoms. The quantitative estimate of drug-likeness (QED) is 0.685. The largest absolute Gasteiger partial charge is 0.364 e. The van der Waals surface area contributed by atoms with Crippen molar-refractivity contribution in [2.45, 2.75) is 39.3 Å². The zero-order valence-electron chi connectivity index (χ0n) is 17.4. The maximum absolute atomic E-state index is 14.6. The van der Waals surface area contributed by atoms with Crippen molar-refractivity contribution in [3.05, 3.63) is 93.8 Å². The number of amides is 2. The molecule has 1 atom stereocenters. The molecule has 0 spiro atoms. The van der Waals surface area contributed by atoms with Gasteiger partial charge in [-0.05, 0) is 67.6 Å². The van der Waals surface area contributed by atoms with Crippen LogP contribution in [0.5, 0.6) is 0 Å². The molecule has 0 unspecified atom stereocenters. The molecule has 0 aliphatic heterocycles. The maximum Gasteiger partial charge on any atom is 0.267 e. The van der Waals surface area contributed by atoms with E-state index in [1.54, 1.807) is 42.3 Å². The Labute approximate surface area is 179 Å². The molecule has 2 heterocycles. The second kappa shape index (κ2) is 8.26. The lowest BCUT2D eigenvalue weighted by Gasteiger charge is -2.31. The molecule has 0 radical (unpaired) electrons. The molecule has 1 aliphatic rings. The number of aromatic nitrogens is 2. The standard InChI is InChI=1S/C24H23FN4O2/c1-14-11-19-18(20(25)12-14)7-8-21(19)29(24(31)17-6-4-9-27-15(17)2)13-16-5-3-10-28-22(16)23(26)30/h3-6,9-12,21H,7-8,13H2,1-2H3,(H2,26,30)/t21-/m1/s1. The van der Waals surface area contributed by atoms with Gasteiger partial charge in [-0.15, -0.1) is 0 Å². The third-order valence-electron chi connectivity index (χ3n) is 5.74. The highest BCUT2D eigenvalue weighted by Gasteiger charge is 2.34. The van der Waals surface area contributed by atoms with Crippen LogP contribution in [-0.2, 0) is 13.0 Å². The third-order valence-corrected chi connectivity index (χ3v) is 5.74. The number of carbonyl (C=O) groups is 2. The SMILES string of the molecule is Cc1cc(F)c2c(c1)[C@H](N(Cc1cccnc1C(N)=O)C(=O)c1cccnc1C)CC2. The number of hydrogen-bond donors (Lipinski definition) is 1. The van der Waals surface area contributed by atoms with Crippen molar-refractivity contribution in [1.29, 1.82) is 0 Å². The first-order valence-corrected chi connectivity index (χ1v) is 10.1. The number of nitrogens with two attached hydrogens (primary N) is 1. The number of hydrogen-bond acceptors (Lipinski definition) is 4. The topological polar surface area (TPSA) is 89.2 Å². The zero-order chi connectivity index (χ0) is 22.1. The summed E-state index contributed by atoms with van der Waals surface area (Å²) in [6, 6.07) is 9.99. The lowest BCUT2D eigenvalue weighted by molar-refractivity contribution is 0.0654. The van der Waals surface area contributed by atoms with Crippen molar-refractivity contribution in [1.82, 2.24) is 14.9 Å². The molecule has 6 nitrogen and oxygen atoms in total. The summed E-state index contributed by atoms with van der Waals surface area (Å²) in [5.41, 5.74) is 9.48. The van der Waals surface area contributed by atoms with Gasteiger partial charge in [0.25, 0.3) is 11.8 Å². The minimum atomic E-state index is -0.658. The molecule has 31 heavy (non-hydrogen) atoms. The van der Waals surface area contributed by atoms with Gasteiger partial charge in [0, 0.05) is 30.2 Å². The molecule has 1 aliphatic carbocycles. The molecule has 0 saturated carbocycles. The van der Waals surface area contributed by atoms with Crippen molar-refractivity contribution >= 4 is 11.8 Å². The van der Waals surface area contributed by atoms with Gasteiger partial charge >= 0.3 is 0 Å². The summed E-state index contributed by atoms with van der Waals surface area (Å²) in [6.07, 6.45) is 4.25. The van der Waals surface area contributed by atoms with Gasteiger partial charge in [-0.3, -0.25) is 19.6 Å². The highest BCUT2D eigenvalue weighted by atomic mass is 19.1. The lowest BCUT2D eigenvalue weighted by atomic mass is 10.0. The van der Waals surface area contributed by atoms with E-state index in [4.69, 9.17) is 5.73 Å². The third kappa shape index (κ3) is 3.91. The molecule has 2 N–H and O–H groups in total. The van der Waals surface area contributed by atoms with E-state index in [1.165, 1.54) is 12.3 Å². The lowest BCUT2D eigenvalue weighted by Crippen LogP contribution is -2.35. The fourth-order valence-corrected chi connectivity index (χ4v) is 4.28. The van der Waals surface area contributed by atoms with Gasteiger partial charge in [-0.1, -0.05) is 12.1 Å². The van der Waals surface area contributed by atoms with Crippen molar-refractivity contribution in [3.8, 4) is 0 Å². The van der Waals surface area contributed by atoms with Crippen LogP contribution < -0.4 is 5.73 Å². The number of aryl methyl sites for hydroxylation is 2. The number of pyridine rings is 2. The van der Waals surface area contributed by atoms with Crippen LogP contribution in [0.15, 0.2) is 48.8 Å². The Morgan fingerprint density at radius 1 is 1.16 bits per heavy atom. The average molecular weight is 418 g/mol. The smallest absolute Gasteiger partial charge is 0.267 e. The average Bonchev–Trinajstić information content (AvgIpc) is 3.16. The summed E-state index contributed by atoms with van der Waals surface area (Å²) in [5.74, 6) is -1.14. The van der Waals surface area contributed by atoms with Crippen molar-refractivity contribution in [3.63, 3.8) is 0 Å². The van der Waals surface area contributed by atoms with Crippen LogP contribution in [0.1, 0.15) is 61.3 Å². The predicted molar refractivity (Wildman–Crippen MR) is 114 cm³/mol. The Morgan fingerprint density at radius 3 is 2.65 bits per heavy atom. The first-order chi connectivity index (χ1) is 14.9. The van der Waals surface area contributed by atoms with Crippen molar-refractivity contribution < 1.29 is 14.0 Å². The van der Waals surface area contributed by atoms with Crippen LogP contribution in [0, 0.1) is 19.7 Å². The van der Waals surface area contributed by atoms with E-state index in [-0.39, 0.29) is 30.0 Å². The van der Waals surface area contributed by atoms with E-state index in [9.17, 15) is 14.0 Å². The summed E-state index contributed by atoms with van der Waals surface area (Å²) >= 11 is 0. The first-order valence-electron chi connectivity index (χ1n) is 10.1. The van der Waals surface area contributed by atoms with Gasteiger partial charge in [0.15, 0.2) is 0 Å². The van der Waals surface area contributed by atoms with Gasteiger partial charge in [0.1, 0.15) is 11.5 Å². The molecular formula is C24H23FN4O2. The Bertz CT molecular complexity index is 1180. The molecule has 0 saturated heterocycles. The molecule has 1 aromatic carbocycles. The molecule has 0 bridgehead atoms. The summed E-state index contributed by atoms with van der Waals surface area (Å²) in [4.78, 5) is 35.6. The number of rotatable bonds is 5. The molecule has 3 aromatic rings. The highest BCUT2D eigenvalue weighted by molar-refractivity contribution is 5.96. The zero-order valence-corrected chi connectivity index (χ0v) is 17.4. The van der Waals surface area contributed by atoms with E-state index >= 15 is 0 Å². The van der Waals surface area contributed by atoms with Gasteiger partial charge < -0.3 is 10.6 Å². The van der Waals surface area contributed by atoms with Crippen molar-refractivity contribution in [2.75, 3.05) is 0 Å². The predicted octanol–water partition coefficient (Wildman–Crippen LogP) is 3.66. The fraction of sp³-hybridized carbons (Fsp3) is 0.250. The molecule has 2 aromatic heterocycles. The van der Waals surface area contributed by atoms with E-state index in [1.807, 2.05) is 13.0 Å². The summed E-state index contributed by atoms with van der Waals surface area (Å²) in [7, 11) is 0. The molecule has 2 amide bonds. The van der Waals surface area contributed by atoms with E-state index in [0.29, 0.717) is 35.2 Å². The number of benzene rings is 1. The van der Waals surface area contributed by atoms with Crippen LogP contribution in [-0.4, -0.2) is 26.7 Å². The highest BCUT2D eigenvalue weighted by Crippen LogP contribution is 2.39. The number of nitrogens with zero attached hydrogens (tertiary/aromatic N) is 3. The minimum Gasteiger partial charge on any atom is -0.364 e. The second-order valence-corrected chi connectivity index (χ2v) is 7.81. The molecule has 4 rings (SSSR count). The number of primary amides is 1. The van der Waals surface area contributed by atoms with Crippen molar-refractivity contribution in [2.24, 2.45) is 5.73 Å². The Kier molecular flexibility index (Phi) is 5.50. The summed E-state index contributed by atoms with van der Waals surface area (Å²) in [5, 5.41) is 0. The Hall–Kier alpha value is -3.61. The minimum absolute atomic E-state index is 0.122. The van der Waals surface area contributed by atoms with E-state index in [0.717, 1.165) is 11.1 Å². The Morgan fingerprint density at radius 2 is 1.90 bits per heavy atom. The second-order valence-electron chi connectivity index (χ2n) is 7.81. The normalized spacial score (nSPS) is 14.9. The molecule has 158 valence electrons. The van der Waals surface area contributed by atoms with Gasteiger partial charge in [-0.2, -0.15) is 0 Å². The van der Waals surface area contributed by atoms with Crippen LogP contribution >= 0.6 is 0 Å². The van der Waals surface area contributed by atoms with Crippen LogP contribution in [0.4, 0.5) is 4.39 Å². The molecular weight excluding hydrogens is 395 g/mol.